The molecule has 0 bridgehead atoms. The van der Waals surface area contributed by atoms with Gasteiger partial charge in [-0.3, -0.25) is 0 Å². The van der Waals surface area contributed by atoms with Crippen molar-refractivity contribution in [3.05, 3.63) is 24.3 Å². The number of hydrogen-bond donors (Lipinski definition) is 1. The zero-order chi connectivity index (χ0) is 11.6. The molecule has 3 nitrogen and oxygen atoms in total. The van der Waals surface area contributed by atoms with E-state index in [4.69, 9.17) is 4.74 Å². The van der Waals surface area contributed by atoms with Crippen LogP contribution in [0.1, 0.15) is 19.8 Å². The van der Waals surface area contributed by atoms with E-state index in [-0.39, 0.29) is 0 Å². The number of anilines is 1. The molecular formula is C13H16N2O. The Bertz CT molecular complexity index is 420. The Hall–Kier alpha value is -1.69. The van der Waals surface area contributed by atoms with Gasteiger partial charge in [0.2, 0.25) is 0 Å². The van der Waals surface area contributed by atoms with Gasteiger partial charge in [0.05, 0.1) is 13.2 Å². The van der Waals surface area contributed by atoms with Crippen LogP contribution < -0.4 is 10.1 Å². The second-order valence-electron chi connectivity index (χ2n) is 4.45. The van der Waals surface area contributed by atoms with Crippen LogP contribution in [0, 0.1) is 17.2 Å². The van der Waals surface area contributed by atoms with E-state index in [1.165, 1.54) is 0 Å². The van der Waals surface area contributed by atoms with Crippen molar-refractivity contribution in [3.8, 4) is 11.8 Å². The van der Waals surface area contributed by atoms with Crippen molar-refractivity contribution in [2.45, 2.75) is 25.3 Å². The van der Waals surface area contributed by atoms with Gasteiger partial charge in [0, 0.05) is 11.8 Å². The Morgan fingerprint density at radius 1 is 1.50 bits per heavy atom. The molecule has 0 heterocycles. The number of ether oxygens (including phenoxy) is 1. The summed E-state index contributed by atoms with van der Waals surface area (Å²) >= 11 is 0. The summed E-state index contributed by atoms with van der Waals surface area (Å²) in [6, 6.07) is 10.1. The summed E-state index contributed by atoms with van der Waals surface area (Å²) < 4.78 is 5.16. The number of methoxy groups -OCH3 is 1. The number of nitrogens with zero attached hydrogens (tertiary/aromatic N) is 1. The van der Waals surface area contributed by atoms with Crippen LogP contribution in [0.3, 0.4) is 0 Å². The zero-order valence-electron chi connectivity index (χ0n) is 9.66. The van der Waals surface area contributed by atoms with Crippen LogP contribution in [0.2, 0.25) is 0 Å². The molecule has 16 heavy (non-hydrogen) atoms. The fourth-order valence-corrected chi connectivity index (χ4v) is 1.88. The number of rotatable bonds is 4. The Morgan fingerprint density at radius 2 is 2.25 bits per heavy atom. The summed E-state index contributed by atoms with van der Waals surface area (Å²) in [4.78, 5) is 0. The maximum Gasteiger partial charge on any atom is 0.125 e. The van der Waals surface area contributed by atoms with E-state index >= 15 is 0 Å². The molecule has 2 rings (SSSR count). The highest BCUT2D eigenvalue weighted by Gasteiger charge is 2.41. The lowest BCUT2D eigenvalue weighted by Gasteiger charge is -2.24. The molecule has 1 fully saturated rings. The van der Waals surface area contributed by atoms with Crippen LogP contribution in [-0.2, 0) is 0 Å². The Morgan fingerprint density at radius 3 is 2.81 bits per heavy atom. The molecule has 1 aromatic carbocycles. The fourth-order valence-electron chi connectivity index (χ4n) is 1.88. The van der Waals surface area contributed by atoms with Crippen molar-refractivity contribution in [2.24, 2.45) is 5.92 Å². The van der Waals surface area contributed by atoms with Crippen LogP contribution in [-0.4, -0.2) is 12.6 Å². The maximum atomic E-state index is 9.24. The van der Waals surface area contributed by atoms with Crippen molar-refractivity contribution >= 4 is 5.69 Å². The molecular weight excluding hydrogens is 200 g/mol. The van der Waals surface area contributed by atoms with Gasteiger partial charge in [-0.05, 0) is 37.8 Å². The van der Waals surface area contributed by atoms with E-state index in [1.807, 2.05) is 31.2 Å². The van der Waals surface area contributed by atoms with E-state index in [1.54, 1.807) is 7.11 Å². The molecule has 0 radical (unpaired) electrons. The van der Waals surface area contributed by atoms with Crippen molar-refractivity contribution in [1.82, 2.24) is 0 Å². The summed E-state index contributed by atoms with van der Waals surface area (Å²) in [7, 11) is 1.64. The normalized spacial score (nSPS) is 18.3. The predicted molar refractivity (Wildman–Crippen MR) is 63.4 cm³/mol. The highest BCUT2D eigenvalue weighted by molar-refractivity contribution is 5.52. The predicted octanol–water partition coefficient (Wildman–Crippen LogP) is 2.80. The van der Waals surface area contributed by atoms with Crippen molar-refractivity contribution in [1.29, 1.82) is 5.26 Å². The summed E-state index contributed by atoms with van der Waals surface area (Å²) in [5, 5.41) is 12.5. The van der Waals surface area contributed by atoms with Gasteiger partial charge in [-0.15, -0.1) is 0 Å². The van der Waals surface area contributed by atoms with Crippen LogP contribution in [0.25, 0.3) is 0 Å². The van der Waals surface area contributed by atoms with Gasteiger partial charge in [-0.25, -0.2) is 0 Å². The van der Waals surface area contributed by atoms with Crippen LogP contribution in [0.4, 0.5) is 5.69 Å². The van der Waals surface area contributed by atoms with Gasteiger partial charge in [0.25, 0.3) is 0 Å². The molecule has 1 aliphatic carbocycles. The van der Waals surface area contributed by atoms with Gasteiger partial charge in [0.15, 0.2) is 0 Å². The standard InChI is InChI=1S/C13H16N2O/c1-13(9-14,10-6-7-10)15-11-4-3-5-12(8-11)16-2/h3-5,8,10,15H,6-7H2,1-2H3. The minimum absolute atomic E-state index is 0.452. The average molecular weight is 216 g/mol. The van der Waals surface area contributed by atoms with Gasteiger partial charge in [-0.2, -0.15) is 5.26 Å². The first-order chi connectivity index (χ1) is 7.68. The van der Waals surface area contributed by atoms with E-state index in [2.05, 4.69) is 11.4 Å². The van der Waals surface area contributed by atoms with E-state index in [0.717, 1.165) is 24.3 Å². The minimum Gasteiger partial charge on any atom is -0.497 e. The summed E-state index contributed by atoms with van der Waals surface area (Å²) in [6.45, 7) is 1.96. The first kappa shape index (κ1) is 10.8. The maximum absolute atomic E-state index is 9.24. The van der Waals surface area contributed by atoms with Crippen LogP contribution >= 0.6 is 0 Å². The number of nitriles is 1. The van der Waals surface area contributed by atoms with Crippen LogP contribution in [0.15, 0.2) is 24.3 Å². The van der Waals surface area contributed by atoms with Gasteiger partial charge >= 0.3 is 0 Å². The molecule has 0 spiro atoms. The molecule has 1 N–H and O–H groups in total. The van der Waals surface area contributed by atoms with E-state index < -0.39 is 5.54 Å². The van der Waals surface area contributed by atoms with Crippen molar-refractivity contribution in [3.63, 3.8) is 0 Å². The summed E-state index contributed by atoms with van der Waals surface area (Å²) in [6.07, 6.45) is 2.28. The lowest BCUT2D eigenvalue weighted by molar-refractivity contribution is 0.415. The molecule has 0 aliphatic heterocycles. The molecule has 1 atom stereocenters. The molecule has 3 heteroatoms. The first-order valence-electron chi connectivity index (χ1n) is 5.51. The third kappa shape index (κ3) is 2.11. The third-order valence-corrected chi connectivity index (χ3v) is 3.10. The molecule has 0 amide bonds. The van der Waals surface area contributed by atoms with Gasteiger partial charge in [0.1, 0.15) is 11.3 Å². The largest absolute Gasteiger partial charge is 0.497 e. The highest BCUT2D eigenvalue weighted by atomic mass is 16.5. The number of nitrogens with one attached hydrogen (secondary N) is 1. The average Bonchev–Trinajstić information content (AvgIpc) is 3.13. The molecule has 1 aromatic rings. The van der Waals surface area contributed by atoms with Crippen molar-refractivity contribution < 1.29 is 4.74 Å². The number of benzene rings is 1. The molecule has 84 valence electrons. The Kier molecular flexibility index (Phi) is 2.74. The number of hydrogen-bond acceptors (Lipinski definition) is 3. The molecule has 1 aliphatic rings. The van der Waals surface area contributed by atoms with Crippen molar-refractivity contribution in [2.75, 3.05) is 12.4 Å². The molecule has 1 saturated carbocycles. The van der Waals surface area contributed by atoms with Gasteiger partial charge in [-0.1, -0.05) is 6.07 Å². The lowest BCUT2D eigenvalue weighted by atomic mass is 9.97. The SMILES string of the molecule is COc1cccc(NC(C)(C#N)C2CC2)c1. The quantitative estimate of drug-likeness (QED) is 0.841. The van der Waals surface area contributed by atoms with E-state index in [0.29, 0.717) is 5.92 Å². The summed E-state index contributed by atoms with van der Waals surface area (Å²) in [5.41, 5.74) is 0.488. The monoisotopic (exact) mass is 216 g/mol. The Balaban J connectivity index is 2.16. The molecule has 1 unspecified atom stereocenters. The minimum atomic E-state index is -0.452. The first-order valence-corrected chi connectivity index (χ1v) is 5.51. The van der Waals surface area contributed by atoms with Crippen LogP contribution in [0.5, 0.6) is 5.75 Å². The smallest absolute Gasteiger partial charge is 0.125 e. The topological polar surface area (TPSA) is 45.0 Å². The second kappa shape index (κ2) is 4.05. The Labute approximate surface area is 96.0 Å². The summed E-state index contributed by atoms with van der Waals surface area (Å²) in [5.74, 6) is 1.28. The molecule has 0 saturated heterocycles. The van der Waals surface area contributed by atoms with E-state index in [9.17, 15) is 5.26 Å². The second-order valence-corrected chi connectivity index (χ2v) is 4.45. The lowest BCUT2D eigenvalue weighted by Crippen LogP contribution is -2.35. The highest BCUT2D eigenvalue weighted by Crippen LogP contribution is 2.41. The fraction of sp³-hybridized carbons (Fsp3) is 0.462. The van der Waals surface area contributed by atoms with Gasteiger partial charge < -0.3 is 10.1 Å². The molecule has 0 aromatic heterocycles. The zero-order valence-corrected chi connectivity index (χ0v) is 9.66. The third-order valence-electron chi connectivity index (χ3n) is 3.10.